The van der Waals surface area contributed by atoms with Crippen molar-refractivity contribution in [1.29, 1.82) is 0 Å². The molecule has 0 radical (unpaired) electrons. The van der Waals surface area contributed by atoms with Crippen molar-refractivity contribution in [2.75, 3.05) is 0 Å². The fourth-order valence-electron chi connectivity index (χ4n) is 2.34. The van der Waals surface area contributed by atoms with Crippen molar-refractivity contribution in [1.82, 2.24) is 5.32 Å². The molecule has 0 heterocycles. The van der Waals surface area contributed by atoms with Gasteiger partial charge in [-0.2, -0.15) is 0 Å². The lowest BCUT2D eigenvalue weighted by Gasteiger charge is -2.41. The number of carboxylic acids is 1. The molecule has 0 aliphatic heterocycles. The number of carboxylic acid groups (broad SMARTS) is 1. The second-order valence-electron chi connectivity index (χ2n) is 5.27. The number of alkyl carbamates (subject to hydrolysis) is 1. The number of rotatable bonds is 6. The molecule has 1 amide bonds. The van der Waals surface area contributed by atoms with E-state index < -0.39 is 12.1 Å². The first kappa shape index (κ1) is 15.1. The average molecular weight is 289 g/mol. The predicted octanol–water partition coefficient (Wildman–Crippen LogP) is 2.87. The van der Waals surface area contributed by atoms with Crippen LogP contribution in [-0.2, 0) is 16.1 Å². The second-order valence-corrected chi connectivity index (χ2v) is 5.27. The van der Waals surface area contributed by atoms with E-state index in [1.165, 1.54) is 0 Å². The van der Waals surface area contributed by atoms with Crippen LogP contribution in [0.3, 0.4) is 0 Å². The highest BCUT2D eigenvalue weighted by Crippen LogP contribution is 2.35. The average Bonchev–Trinajstić information content (AvgIpc) is 2.43. The number of hydrogen-bond acceptors (Lipinski definition) is 3. The highest BCUT2D eigenvalue weighted by atomic mass is 16.5. The molecule has 1 aliphatic rings. The number of hydrogen-bond donors (Lipinski definition) is 2. The molecule has 2 N–H and O–H groups in total. The third-order valence-corrected chi connectivity index (χ3v) is 3.66. The van der Waals surface area contributed by atoms with Crippen molar-refractivity contribution in [2.45, 2.75) is 37.8 Å². The first-order valence-electron chi connectivity index (χ1n) is 6.98. The first-order valence-corrected chi connectivity index (χ1v) is 6.98. The van der Waals surface area contributed by atoms with E-state index in [1.807, 2.05) is 30.3 Å². The van der Waals surface area contributed by atoms with Gasteiger partial charge in [-0.05, 0) is 31.2 Å². The van der Waals surface area contributed by atoms with Gasteiger partial charge < -0.3 is 15.2 Å². The van der Waals surface area contributed by atoms with E-state index >= 15 is 0 Å². The molecule has 0 aromatic heterocycles. The smallest absolute Gasteiger partial charge is 0.407 e. The second kappa shape index (κ2) is 6.92. The maximum absolute atomic E-state index is 11.8. The summed E-state index contributed by atoms with van der Waals surface area (Å²) in [4.78, 5) is 22.3. The third kappa shape index (κ3) is 4.63. The third-order valence-electron chi connectivity index (χ3n) is 3.66. The Morgan fingerprint density at radius 3 is 2.57 bits per heavy atom. The normalized spacial score (nSPS) is 16.2. The van der Waals surface area contributed by atoms with Crippen LogP contribution < -0.4 is 5.32 Å². The van der Waals surface area contributed by atoms with E-state index in [0.717, 1.165) is 30.9 Å². The Balaban J connectivity index is 1.81. The zero-order valence-electron chi connectivity index (χ0n) is 11.7. The van der Waals surface area contributed by atoms with Crippen molar-refractivity contribution in [2.24, 2.45) is 0 Å². The van der Waals surface area contributed by atoms with Crippen LogP contribution in [0.1, 0.15) is 31.2 Å². The van der Waals surface area contributed by atoms with Crippen LogP contribution in [0.15, 0.2) is 42.5 Å². The van der Waals surface area contributed by atoms with Gasteiger partial charge in [0.15, 0.2) is 0 Å². The number of aliphatic carboxylic acids is 1. The minimum absolute atomic E-state index is 0.230. The van der Waals surface area contributed by atoms with Crippen LogP contribution >= 0.6 is 0 Å². The molecule has 21 heavy (non-hydrogen) atoms. The number of carbonyl (C=O) groups is 2. The first-order chi connectivity index (χ1) is 10.1. The number of benzene rings is 1. The quantitative estimate of drug-likeness (QED) is 0.790. The van der Waals surface area contributed by atoms with Gasteiger partial charge in [0.05, 0.1) is 0 Å². The number of amides is 1. The van der Waals surface area contributed by atoms with Gasteiger partial charge in [0.1, 0.15) is 6.61 Å². The van der Waals surface area contributed by atoms with Gasteiger partial charge in [0.25, 0.3) is 0 Å². The van der Waals surface area contributed by atoms with Gasteiger partial charge in [-0.15, -0.1) is 0 Å². The Hall–Kier alpha value is -2.30. The summed E-state index contributed by atoms with van der Waals surface area (Å²) in [5.41, 5.74) is 0.584. The van der Waals surface area contributed by atoms with Crippen LogP contribution in [0.4, 0.5) is 4.79 Å². The highest BCUT2D eigenvalue weighted by molar-refractivity contribution is 5.79. The zero-order valence-corrected chi connectivity index (χ0v) is 11.7. The number of nitrogens with one attached hydrogen (secondary N) is 1. The molecule has 1 aromatic carbocycles. The molecule has 0 atom stereocenters. The highest BCUT2D eigenvalue weighted by Gasteiger charge is 2.37. The minimum Gasteiger partial charge on any atom is -0.478 e. The van der Waals surface area contributed by atoms with E-state index in [9.17, 15) is 9.59 Å². The SMILES string of the molecule is O=C(O)/C=C/CC1(NC(=O)OCc2ccccc2)CCC1. The largest absolute Gasteiger partial charge is 0.478 e. The van der Waals surface area contributed by atoms with E-state index in [-0.39, 0.29) is 12.1 Å². The van der Waals surface area contributed by atoms with Crippen LogP contribution in [0.5, 0.6) is 0 Å². The number of carbonyl (C=O) groups excluding carboxylic acids is 1. The van der Waals surface area contributed by atoms with E-state index in [1.54, 1.807) is 6.08 Å². The van der Waals surface area contributed by atoms with Crippen molar-refractivity contribution < 1.29 is 19.4 Å². The molecule has 5 nitrogen and oxygen atoms in total. The molecular formula is C16H19NO4. The van der Waals surface area contributed by atoms with Crippen LogP contribution in [0, 0.1) is 0 Å². The van der Waals surface area contributed by atoms with Gasteiger partial charge in [-0.25, -0.2) is 9.59 Å². The van der Waals surface area contributed by atoms with Gasteiger partial charge in [0, 0.05) is 11.6 Å². The minimum atomic E-state index is -0.976. The lowest BCUT2D eigenvalue weighted by molar-refractivity contribution is -0.131. The summed E-state index contributed by atoms with van der Waals surface area (Å²) in [7, 11) is 0. The van der Waals surface area contributed by atoms with E-state index in [0.29, 0.717) is 6.42 Å². The standard InChI is InChI=1S/C16H19NO4/c18-14(19)8-4-9-16(10-5-11-16)17-15(20)21-12-13-6-2-1-3-7-13/h1-4,6-8H,5,9-12H2,(H,17,20)(H,18,19)/b8-4+. The van der Waals surface area contributed by atoms with Gasteiger partial charge in [-0.1, -0.05) is 36.4 Å². The summed E-state index contributed by atoms with van der Waals surface area (Å²) in [6, 6.07) is 9.47. The summed E-state index contributed by atoms with van der Waals surface area (Å²) >= 11 is 0. The van der Waals surface area contributed by atoms with Crippen LogP contribution in [-0.4, -0.2) is 22.7 Å². The van der Waals surface area contributed by atoms with Crippen molar-refractivity contribution in [3.8, 4) is 0 Å². The van der Waals surface area contributed by atoms with Crippen molar-refractivity contribution in [3.63, 3.8) is 0 Å². The molecular weight excluding hydrogens is 270 g/mol. The van der Waals surface area contributed by atoms with Crippen LogP contribution in [0.2, 0.25) is 0 Å². The molecule has 0 bridgehead atoms. The topological polar surface area (TPSA) is 75.6 Å². The maximum atomic E-state index is 11.8. The molecule has 0 unspecified atom stereocenters. The maximum Gasteiger partial charge on any atom is 0.407 e. The van der Waals surface area contributed by atoms with Crippen molar-refractivity contribution in [3.05, 3.63) is 48.0 Å². The lowest BCUT2D eigenvalue weighted by Crippen LogP contribution is -2.53. The zero-order chi connectivity index (χ0) is 15.1. The Bertz CT molecular complexity index is 520. The molecule has 1 fully saturated rings. The summed E-state index contributed by atoms with van der Waals surface area (Å²) in [5.74, 6) is -0.976. The molecule has 1 saturated carbocycles. The van der Waals surface area contributed by atoms with Gasteiger partial charge in [-0.3, -0.25) is 0 Å². The summed E-state index contributed by atoms with van der Waals surface area (Å²) in [5, 5.41) is 11.5. The van der Waals surface area contributed by atoms with E-state index in [4.69, 9.17) is 9.84 Å². The van der Waals surface area contributed by atoms with Crippen molar-refractivity contribution >= 4 is 12.1 Å². The monoisotopic (exact) mass is 289 g/mol. The lowest BCUT2D eigenvalue weighted by atomic mass is 9.74. The Kier molecular flexibility index (Phi) is 4.98. The fraction of sp³-hybridized carbons (Fsp3) is 0.375. The molecule has 0 spiro atoms. The van der Waals surface area contributed by atoms with E-state index in [2.05, 4.69) is 5.32 Å². The molecule has 112 valence electrons. The molecule has 2 rings (SSSR count). The summed E-state index contributed by atoms with van der Waals surface area (Å²) in [6.45, 7) is 0.230. The number of ether oxygens (including phenoxy) is 1. The molecule has 0 saturated heterocycles. The predicted molar refractivity (Wildman–Crippen MR) is 77.7 cm³/mol. The Morgan fingerprint density at radius 1 is 1.29 bits per heavy atom. The van der Waals surface area contributed by atoms with Gasteiger partial charge >= 0.3 is 12.1 Å². The fourth-order valence-corrected chi connectivity index (χ4v) is 2.34. The Morgan fingerprint density at radius 2 is 2.00 bits per heavy atom. The van der Waals surface area contributed by atoms with Gasteiger partial charge in [0.2, 0.25) is 0 Å². The molecule has 1 aromatic rings. The summed E-state index contributed by atoms with van der Waals surface area (Å²) in [6.07, 6.45) is 5.46. The Labute approximate surface area is 123 Å². The summed E-state index contributed by atoms with van der Waals surface area (Å²) < 4.78 is 5.20. The molecule has 5 heteroatoms. The molecule has 1 aliphatic carbocycles. The van der Waals surface area contributed by atoms with Crippen LogP contribution in [0.25, 0.3) is 0 Å².